The van der Waals surface area contributed by atoms with E-state index >= 15 is 0 Å². The Hall–Kier alpha value is -2.41. The summed E-state index contributed by atoms with van der Waals surface area (Å²) in [5.74, 6) is -0.873. The maximum absolute atomic E-state index is 12.5. The van der Waals surface area contributed by atoms with Crippen molar-refractivity contribution in [1.82, 2.24) is 15.1 Å². The molecular weight excluding hydrogens is 404 g/mol. The van der Waals surface area contributed by atoms with Gasteiger partial charge in [0.15, 0.2) is 0 Å². The molecule has 2 atom stereocenters. The van der Waals surface area contributed by atoms with Gasteiger partial charge in [-0.05, 0) is 56.8 Å². The molecule has 2 heterocycles. The fraction of sp³-hybridized carbons (Fsp3) is 0.640. The normalized spacial score (nSPS) is 24.0. The SMILES string of the molecule is Cc1cccc(N2CCN(CCCCNC(=O)CN3C(=O)C4CCCCC4C3=O)CC2)c1. The largest absolute Gasteiger partial charge is 0.369 e. The van der Waals surface area contributed by atoms with E-state index in [1.54, 1.807) is 0 Å². The van der Waals surface area contributed by atoms with E-state index in [1.807, 2.05) is 0 Å². The van der Waals surface area contributed by atoms with Crippen molar-refractivity contribution in [3.8, 4) is 0 Å². The van der Waals surface area contributed by atoms with Crippen LogP contribution < -0.4 is 10.2 Å². The molecule has 1 aromatic rings. The summed E-state index contributed by atoms with van der Waals surface area (Å²) in [6, 6.07) is 8.68. The van der Waals surface area contributed by atoms with Crippen LogP contribution in [-0.4, -0.2) is 73.3 Å². The predicted octanol–water partition coefficient (Wildman–Crippen LogP) is 2.19. The van der Waals surface area contributed by atoms with Gasteiger partial charge in [0.2, 0.25) is 17.7 Å². The Morgan fingerprint density at radius 3 is 2.34 bits per heavy atom. The summed E-state index contributed by atoms with van der Waals surface area (Å²) in [6.07, 6.45) is 5.50. The number of hydrogen-bond acceptors (Lipinski definition) is 5. The Bertz CT molecular complexity index is 810. The number of carbonyl (C=O) groups is 3. The quantitative estimate of drug-likeness (QED) is 0.496. The molecule has 0 spiro atoms. The fourth-order valence-electron chi connectivity index (χ4n) is 5.33. The zero-order valence-corrected chi connectivity index (χ0v) is 19.2. The molecule has 0 radical (unpaired) electrons. The second kappa shape index (κ2) is 10.5. The van der Waals surface area contributed by atoms with Crippen molar-refractivity contribution in [3.05, 3.63) is 29.8 Å². The Morgan fingerprint density at radius 2 is 1.69 bits per heavy atom. The van der Waals surface area contributed by atoms with Gasteiger partial charge in [-0.2, -0.15) is 0 Å². The molecule has 174 valence electrons. The molecule has 7 heteroatoms. The number of amides is 3. The number of rotatable bonds is 8. The van der Waals surface area contributed by atoms with E-state index in [2.05, 4.69) is 46.3 Å². The van der Waals surface area contributed by atoms with Crippen LogP contribution in [0.25, 0.3) is 0 Å². The van der Waals surface area contributed by atoms with Gasteiger partial charge in [-0.3, -0.25) is 24.2 Å². The van der Waals surface area contributed by atoms with Crippen molar-refractivity contribution >= 4 is 23.4 Å². The van der Waals surface area contributed by atoms with Crippen LogP contribution >= 0.6 is 0 Å². The first kappa shape index (κ1) is 22.8. The highest BCUT2D eigenvalue weighted by Gasteiger charge is 2.48. The first-order chi connectivity index (χ1) is 15.5. The zero-order valence-electron chi connectivity index (χ0n) is 19.2. The standard InChI is InChI=1S/C25H36N4O3/c1-19-7-6-8-20(17-19)28-15-13-27(14-16-28)12-5-4-11-26-23(30)18-29-24(31)21-9-2-3-10-22(21)25(29)32/h6-8,17,21-22H,2-5,9-16,18H2,1H3,(H,26,30). The van der Waals surface area contributed by atoms with E-state index in [-0.39, 0.29) is 36.1 Å². The molecule has 1 aliphatic carbocycles. The van der Waals surface area contributed by atoms with Gasteiger partial charge in [0.1, 0.15) is 6.54 Å². The van der Waals surface area contributed by atoms with Crippen molar-refractivity contribution in [2.45, 2.75) is 45.4 Å². The number of piperazine rings is 1. The minimum Gasteiger partial charge on any atom is -0.369 e. The van der Waals surface area contributed by atoms with Gasteiger partial charge < -0.3 is 10.2 Å². The Balaban J connectivity index is 1.10. The lowest BCUT2D eigenvalue weighted by Crippen LogP contribution is -2.46. The lowest BCUT2D eigenvalue weighted by Gasteiger charge is -2.36. The average Bonchev–Trinajstić information content (AvgIpc) is 3.04. The molecule has 1 N–H and O–H groups in total. The van der Waals surface area contributed by atoms with E-state index in [0.717, 1.165) is 71.2 Å². The maximum Gasteiger partial charge on any atom is 0.240 e. The van der Waals surface area contributed by atoms with Gasteiger partial charge in [0, 0.05) is 38.4 Å². The first-order valence-electron chi connectivity index (χ1n) is 12.2. The number of imide groups is 1. The van der Waals surface area contributed by atoms with Crippen molar-refractivity contribution in [2.24, 2.45) is 11.8 Å². The highest BCUT2D eigenvalue weighted by atomic mass is 16.2. The van der Waals surface area contributed by atoms with Crippen LogP contribution in [-0.2, 0) is 14.4 Å². The van der Waals surface area contributed by atoms with Crippen LogP contribution in [0.5, 0.6) is 0 Å². The lowest BCUT2D eigenvalue weighted by molar-refractivity contribution is -0.143. The predicted molar refractivity (Wildman–Crippen MR) is 124 cm³/mol. The lowest BCUT2D eigenvalue weighted by atomic mass is 9.81. The molecule has 7 nitrogen and oxygen atoms in total. The molecule has 3 aliphatic rings. The second-order valence-corrected chi connectivity index (χ2v) is 9.48. The summed E-state index contributed by atoms with van der Waals surface area (Å²) >= 11 is 0. The van der Waals surface area contributed by atoms with Gasteiger partial charge in [-0.1, -0.05) is 25.0 Å². The highest BCUT2D eigenvalue weighted by Crippen LogP contribution is 2.37. The molecule has 2 saturated heterocycles. The number of fused-ring (bicyclic) bond motifs is 1. The van der Waals surface area contributed by atoms with Crippen LogP contribution in [0.2, 0.25) is 0 Å². The molecule has 3 fully saturated rings. The number of carbonyl (C=O) groups excluding carboxylic acids is 3. The van der Waals surface area contributed by atoms with Crippen LogP contribution in [0.1, 0.15) is 44.1 Å². The third-order valence-corrected chi connectivity index (χ3v) is 7.20. The topological polar surface area (TPSA) is 73.0 Å². The number of hydrogen-bond donors (Lipinski definition) is 1. The van der Waals surface area contributed by atoms with E-state index in [4.69, 9.17) is 0 Å². The van der Waals surface area contributed by atoms with Gasteiger partial charge >= 0.3 is 0 Å². The molecule has 3 amide bonds. The third-order valence-electron chi connectivity index (χ3n) is 7.20. The first-order valence-corrected chi connectivity index (χ1v) is 12.2. The van der Waals surface area contributed by atoms with E-state index < -0.39 is 0 Å². The summed E-state index contributed by atoms with van der Waals surface area (Å²) in [5, 5.41) is 2.89. The minimum absolute atomic E-state index is 0.119. The molecule has 2 unspecified atom stereocenters. The smallest absolute Gasteiger partial charge is 0.240 e. The van der Waals surface area contributed by atoms with Crippen molar-refractivity contribution in [3.63, 3.8) is 0 Å². The number of likely N-dealkylation sites (tertiary alicyclic amines) is 1. The van der Waals surface area contributed by atoms with E-state index in [9.17, 15) is 14.4 Å². The maximum atomic E-state index is 12.5. The monoisotopic (exact) mass is 440 g/mol. The number of anilines is 1. The molecule has 2 aliphatic heterocycles. The van der Waals surface area contributed by atoms with Crippen LogP contribution in [0.3, 0.4) is 0 Å². The Labute approximate surface area is 191 Å². The zero-order chi connectivity index (χ0) is 22.5. The van der Waals surface area contributed by atoms with Crippen molar-refractivity contribution < 1.29 is 14.4 Å². The fourth-order valence-corrected chi connectivity index (χ4v) is 5.33. The Kier molecular flexibility index (Phi) is 7.45. The van der Waals surface area contributed by atoms with Gasteiger partial charge in [-0.25, -0.2) is 0 Å². The summed E-state index contributed by atoms with van der Waals surface area (Å²) in [6.45, 7) is 7.83. The third kappa shape index (κ3) is 5.31. The van der Waals surface area contributed by atoms with Crippen LogP contribution in [0.15, 0.2) is 24.3 Å². The molecule has 32 heavy (non-hydrogen) atoms. The summed E-state index contributed by atoms with van der Waals surface area (Å²) in [5.41, 5.74) is 2.60. The van der Waals surface area contributed by atoms with Crippen LogP contribution in [0.4, 0.5) is 5.69 Å². The molecular formula is C25H36N4O3. The number of unbranched alkanes of at least 4 members (excludes halogenated alkanes) is 1. The molecule has 0 bridgehead atoms. The summed E-state index contributed by atoms with van der Waals surface area (Å²) in [4.78, 5) is 43.4. The Morgan fingerprint density at radius 1 is 1.00 bits per heavy atom. The molecule has 1 saturated carbocycles. The van der Waals surface area contributed by atoms with E-state index in [0.29, 0.717) is 6.54 Å². The number of aryl methyl sites for hydroxylation is 1. The number of nitrogens with one attached hydrogen (secondary N) is 1. The van der Waals surface area contributed by atoms with Crippen molar-refractivity contribution in [2.75, 3.05) is 50.7 Å². The molecule has 4 rings (SSSR count). The number of nitrogens with zero attached hydrogens (tertiary/aromatic N) is 3. The second-order valence-electron chi connectivity index (χ2n) is 9.48. The van der Waals surface area contributed by atoms with Gasteiger partial charge in [0.05, 0.1) is 11.8 Å². The van der Waals surface area contributed by atoms with E-state index in [1.165, 1.54) is 16.2 Å². The molecule has 0 aromatic heterocycles. The van der Waals surface area contributed by atoms with Crippen molar-refractivity contribution in [1.29, 1.82) is 0 Å². The molecule has 1 aromatic carbocycles. The highest BCUT2D eigenvalue weighted by molar-refractivity contribution is 6.07. The average molecular weight is 441 g/mol. The van der Waals surface area contributed by atoms with Crippen LogP contribution in [0, 0.1) is 18.8 Å². The minimum atomic E-state index is -0.225. The summed E-state index contributed by atoms with van der Waals surface area (Å²) < 4.78 is 0. The summed E-state index contributed by atoms with van der Waals surface area (Å²) in [7, 11) is 0. The van der Waals surface area contributed by atoms with Gasteiger partial charge in [-0.15, -0.1) is 0 Å². The number of benzene rings is 1. The van der Waals surface area contributed by atoms with Gasteiger partial charge in [0.25, 0.3) is 0 Å².